The first-order valence-electron chi connectivity index (χ1n) is 12.2. The minimum atomic E-state index is -2.67. The maximum absolute atomic E-state index is 6.38. The number of rotatable bonds is 13. The number of hydrogen-bond acceptors (Lipinski definition) is 4. The average Bonchev–Trinajstić information content (AvgIpc) is 2.82. The smallest absolute Gasteiger partial charge is 0.348 e. The van der Waals surface area contributed by atoms with Crippen molar-refractivity contribution in [2.45, 2.75) is 59.1 Å². The van der Waals surface area contributed by atoms with E-state index in [0.717, 1.165) is 30.1 Å². The average molecular weight is 513 g/mol. The molecular formula is C29H37O2PS2. The maximum Gasteiger partial charge on any atom is 0.348 e. The molecule has 0 saturated heterocycles. The van der Waals surface area contributed by atoms with Gasteiger partial charge < -0.3 is 9.05 Å². The molecule has 0 aromatic heterocycles. The topological polar surface area (TPSA) is 18.5 Å². The van der Waals surface area contributed by atoms with Gasteiger partial charge in [-0.3, -0.25) is 0 Å². The second-order valence-electron chi connectivity index (χ2n) is 9.54. The minimum Gasteiger partial charge on any atom is -0.428 e. The molecule has 3 aromatic carbocycles. The van der Waals surface area contributed by atoms with Gasteiger partial charge in [0.25, 0.3) is 0 Å². The van der Waals surface area contributed by atoms with Crippen molar-refractivity contribution in [1.29, 1.82) is 0 Å². The third-order valence-electron chi connectivity index (χ3n) is 5.53. The van der Waals surface area contributed by atoms with Crippen molar-refractivity contribution in [2.75, 3.05) is 0 Å². The lowest BCUT2D eigenvalue weighted by Gasteiger charge is -2.23. The van der Waals surface area contributed by atoms with Crippen molar-refractivity contribution in [3.05, 3.63) is 95.6 Å². The summed E-state index contributed by atoms with van der Waals surface area (Å²) in [6.07, 6.45) is 4.52. The Bertz CT molecular complexity index is 970. The molecular weight excluding hydrogens is 475 g/mol. The Morgan fingerprint density at radius 1 is 0.647 bits per heavy atom. The van der Waals surface area contributed by atoms with Gasteiger partial charge in [-0.2, -0.15) is 0 Å². The fourth-order valence-electron chi connectivity index (χ4n) is 3.40. The number of benzene rings is 3. The van der Waals surface area contributed by atoms with Gasteiger partial charge in [-0.25, -0.2) is 0 Å². The lowest BCUT2D eigenvalue weighted by Crippen LogP contribution is -1.99. The number of aryl methyl sites for hydroxylation is 2. The van der Waals surface area contributed by atoms with Crippen molar-refractivity contribution in [2.24, 2.45) is 11.8 Å². The van der Waals surface area contributed by atoms with Gasteiger partial charge in [0.2, 0.25) is 0 Å². The highest BCUT2D eigenvalue weighted by Gasteiger charge is 2.24. The molecule has 182 valence electrons. The highest BCUT2D eigenvalue weighted by atomic mass is 32.9. The summed E-state index contributed by atoms with van der Waals surface area (Å²) < 4.78 is 12.8. The lowest BCUT2D eigenvalue weighted by atomic mass is 10.0. The van der Waals surface area contributed by atoms with Gasteiger partial charge in [0.15, 0.2) is 0 Å². The van der Waals surface area contributed by atoms with Crippen LogP contribution in [0.25, 0.3) is 0 Å². The van der Waals surface area contributed by atoms with Crippen LogP contribution in [0.1, 0.15) is 57.2 Å². The zero-order valence-electron chi connectivity index (χ0n) is 20.8. The Morgan fingerprint density at radius 3 is 1.50 bits per heavy atom. The fourth-order valence-corrected chi connectivity index (χ4v) is 7.55. The lowest BCUT2D eigenvalue weighted by molar-refractivity contribution is 0.506. The van der Waals surface area contributed by atoms with Crippen LogP contribution in [0.15, 0.2) is 78.9 Å². The van der Waals surface area contributed by atoms with E-state index in [1.807, 2.05) is 42.5 Å². The molecule has 0 N–H and O–H groups in total. The van der Waals surface area contributed by atoms with Crippen LogP contribution in [0.5, 0.6) is 11.5 Å². The summed E-state index contributed by atoms with van der Waals surface area (Å²) in [5, 5.41) is 0. The van der Waals surface area contributed by atoms with Gasteiger partial charge in [-0.15, -0.1) is 0 Å². The molecule has 0 atom stereocenters. The van der Waals surface area contributed by atoms with E-state index < -0.39 is 5.69 Å². The molecule has 3 aromatic rings. The van der Waals surface area contributed by atoms with E-state index in [2.05, 4.69) is 64.1 Å². The van der Waals surface area contributed by atoms with E-state index in [9.17, 15) is 0 Å². The third kappa shape index (κ3) is 9.49. The predicted molar refractivity (Wildman–Crippen MR) is 152 cm³/mol. The molecule has 0 radical (unpaired) electrons. The molecule has 3 rings (SSSR count). The van der Waals surface area contributed by atoms with Crippen LogP contribution >= 0.6 is 17.1 Å². The molecule has 0 amide bonds. The predicted octanol–water partition coefficient (Wildman–Crippen LogP) is 9.48. The summed E-state index contributed by atoms with van der Waals surface area (Å²) in [6, 6.07) is 27.0. The molecule has 0 fully saturated rings. The number of hydrogen-bond donors (Lipinski definition) is 0. The van der Waals surface area contributed by atoms with Crippen LogP contribution in [-0.4, -0.2) is 0 Å². The second kappa shape index (κ2) is 13.4. The summed E-state index contributed by atoms with van der Waals surface area (Å²) >= 11 is 7.62. The summed E-state index contributed by atoms with van der Waals surface area (Å²) in [6.45, 7) is 9.02. The monoisotopic (exact) mass is 512 g/mol. The van der Waals surface area contributed by atoms with Crippen LogP contribution in [0.4, 0.5) is 0 Å². The molecule has 2 nitrogen and oxygen atoms in total. The Morgan fingerprint density at radius 2 is 1.09 bits per heavy atom. The molecule has 0 unspecified atom stereocenters. The van der Waals surface area contributed by atoms with E-state index in [1.165, 1.54) is 29.5 Å². The van der Waals surface area contributed by atoms with E-state index in [0.29, 0.717) is 11.8 Å². The van der Waals surface area contributed by atoms with Crippen molar-refractivity contribution in [3.8, 4) is 11.5 Å². The zero-order chi connectivity index (χ0) is 24.4. The van der Waals surface area contributed by atoms with Crippen LogP contribution in [0, 0.1) is 11.8 Å². The Hall–Kier alpha value is -1.74. The minimum absolute atomic E-state index is 0.696. The van der Waals surface area contributed by atoms with Crippen molar-refractivity contribution < 1.29 is 9.05 Å². The molecule has 0 aliphatic carbocycles. The molecule has 0 aliphatic rings. The van der Waals surface area contributed by atoms with Crippen molar-refractivity contribution in [3.63, 3.8) is 0 Å². The normalized spacial score (nSPS) is 11.7. The van der Waals surface area contributed by atoms with Crippen LogP contribution in [0.3, 0.4) is 0 Å². The molecule has 0 aliphatic heterocycles. The summed E-state index contributed by atoms with van der Waals surface area (Å²) in [5.41, 5.74) is 1.19. The Kier molecular flexibility index (Phi) is 10.6. The third-order valence-corrected chi connectivity index (χ3v) is 10.4. The van der Waals surface area contributed by atoms with Crippen molar-refractivity contribution >= 4 is 28.9 Å². The molecule has 0 heterocycles. The molecule has 0 spiro atoms. The molecule has 0 bridgehead atoms. The van der Waals surface area contributed by atoms with E-state index in [4.69, 9.17) is 20.9 Å². The van der Waals surface area contributed by atoms with Gasteiger partial charge >= 0.3 is 5.69 Å². The Balaban J connectivity index is 1.72. The SMILES string of the molecule is CC(C)CCc1ccc(OP(=S)(Oc2ccc(CCC(C)C)cc2)SCc2ccccc2)cc1. The van der Waals surface area contributed by atoms with Gasteiger partial charge in [0.05, 0.1) is 0 Å². The van der Waals surface area contributed by atoms with E-state index in [1.54, 1.807) is 11.4 Å². The summed E-state index contributed by atoms with van der Waals surface area (Å²) in [5.74, 6) is 3.68. The molecule has 0 saturated carbocycles. The summed E-state index contributed by atoms with van der Waals surface area (Å²) in [7, 11) is 0. The van der Waals surface area contributed by atoms with E-state index >= 15 is 0 Å². The van der Waals surface area contributed by atoms with Crippen LogP contribution in [0.2, 0.25) is 0 Å². The molecule has 5 heteroatoms. The van der Waals surface area contributed by atoms with Crippen molar-refractivity contribution in [1.82, 2.24) is 0 Å². The standard InChI is InChI=1S/C29H37O2PS2/c1-23(2)10-12-25-14-18-28(19-15-25)30-32(33,34-22-27-8-6-5-7-9-27)31-29-20-16-26(17-21-29)13-11-24(3)4/h5-9,14-21,23-24H,10-13,22H2,1-4H3. The second-order valence-corrected chi connectivity index (χ2v) is 15.7. The largest absolute Gasteiger partial charge is 0.428 e. The van der Waals surface area contributed by atoms with Gasteiger partial charge in [-0.05, 0) is 102 Å². The first-order valence-corrected chi connectivity index (χ1v) is 16.4. The Labute approximate surface area is 215 Å². The zero-order valence-corrected chi connectivity index (χ0v) is 23.3. The van der Waals surface area contributed by atoms with Crippen LogP contribution < -0.4 is 9.05 Å². The maximum atomic E-state index is 6.38. The highest BCUT2D eigenvalue weighted by Crippen LogP contribution is 2.61. The first kappa shape index (κ1) is 26.9. The van der Waals surface area contributed by atoms with Gasteiger partial charge in [0.1, 0.15) is 11.5 Å². The van der Waals surface area contributed by atoms with Gasteiger partial charge in [-0.1, -0.05) is 82.3 Å². The summed E-state index contributed by atoms with van der Waals surface area (Å²) in [4.78, 5) is 0. The molecule has 34 heavy (non-hydrogen) atoms. The quantitative estimate of drug-likeness (QED) is 0.212. The fraction of sp³-hybridized carbons (Fsp3) is 0.379. The van der Waals surface area contributed by atoms with Crippen LogP contribution in [-0.2, 0) is 30.4 Å². The highest BCUT2D eigenvalue weighted by molar-refractivity contribution is 8.67. The first-order chi connectivity index (χ1) is 16.3. The van der Waals surface area contributed by atoms with E-state index in [-0.39, 0.29) is 0 Å². The van der Waals surface area contributed by atoms with Gasteiger partial charge in [0, 0.05) is 5.75 Å².